The van der Waals surface area contributed by atoms with Crippen molar-refractivity contribution in [3.8, 4) is 0 Å². The molecule has 0 saturated carbocycles. The summed E-state index contributed by atoms with van der Waals surface area (Å²) in [6, 6.07) is 0. The number of hydrogen-bond donors (Lipinski definition) is 3. The third-order valence-corrected chi connectivity index (χ3v) is 21.7. The summed E-state index contributed by atoms with van der Waals surface area (Å²) in [6.45, 7) is 7.37. The first kappa shape index (κ1) is 101. The van der Waals surface area contributed by atoms with E-state index >= 15 is 0 Å². The van der Waals surface area contributed by atoms with Crippen LogP contribution in [0.1, 0.15) is 452 Å². The molecule has 0 heterocycles. The highest BCUT2D eigenvalue weighted by molar-refractivity contribution is 7.47. The van der Waals surface area contributed by atoms with Crippen molar-refractivity contribution in [2.75, 3.05) is 39.6 Å². The molecule has 103 heavy (non-hydrogen) atoms. The van der Waals surface area contributed by atoms with E-state index in [-0.39, 0.29) is 25.7 Å². The maximum Gasteiger partial charge on any atom is 0.472 e. The quantitative estimate of drug-likeness (QED) is 0.0222. The first-order chi connectivity index (χ1) is 50.0. The van der Waals surface area contributed by atoms with Crippen LogP contribution in [0.4, 0.5) is 0 Å². The molecule has 0 aliphatic carbocycles. The van der Waals surface area contributed by atoms with Crippen molar-refractivity contribution >= 4 is 39.5 Å². The lowest BCUT2D eigenvalue weighted by Gasteiger charge is -2.21. The molecule has 2 unspecified atom stereocenters. The Kier molecular flexibility index (Phi) is 75.4. The first-order valence-electron chi connectivity index (χ1n) is 43.6. The predicted octanol–water partition coefficient (Wildman–Crippen LogP) is 25.6. The van der Waals surface area contributed by atoms with Gasteiger partial charge in [-0.15, -0.1) is 0 Å². The van der Waals surface area contributed by atoms with Crippen molar-refractivity contribution in [2.45, 2.75) is 470 Å². The minimum atomic E-state index is -4.96. The van der Waals surface area contributed by atoms with Crippen molar-refractivity contribution in [1.29, 1.82) is 0 Å². The van der Waals surface area contributed by atoms with Gasteiger partial charge in [0, 0.05) is 25.7 Å². The van der Waals surface area contributed by atoms with E-state index in [0.29, 0.717) is 25.7 Å². The van der Waals surface area contributed by atoms with Gasteiger partial charge in [0.15, 0.2) is 12.2 Å². The summed E-state index contributed by atoms with van der Waals surface area (Å²) in [4.78, 5) is 73.1. The van der Waals surface area contributed by atoms with Gasteiger partial charge in [-0.3, -0.25) is 37.3 Å². The number of phosphoric acid groups is 2. The van der Waals surface area contributed by atoms with E-state index in [0.717, 1.165) is 95.8 Å². The van der Waals surface area contributed by atoms with Crippen LogP contribution in [0.2, 0.25) is 0 Å². The number of rotatable bonds is 84. The third kappa shape index (κ3) is 78.0. The van der Waals surface area contributed by atoms with E-state index in [1.54, 1.807) is 0 Å². The van der Waals surface area contributed by atoms with Gasteiger partial charge in [-0.25, -0.2) is 9.13 Å². The molecule has 0 amide bonds. The fourth-order valence-corrected chi connectivity index (χ4v) is 14.7. The Hall–Kier alpha value is -1.94. The summed E-state index contributed by atoms with van der Waals surface area (Å²) in [5.41, 5.74) is 0. The molecule has 0 fully saturated rings. The van der Waals surface area contributed by atoms with Crippen LogP contribution in [0, 0.1) is 5.92 Å². The minimum absolute atomic E-state index is 0.108. The lowest BCUT2D eigenvalue weighted by molar-refractivity contribution is -0.161. The van der Waals surface area contributed by atoms with Gasteiger partial charge in [0.25, 0.3) is 0 Å². The van der Waals surface area contributed by atoms with Crippen LogP contribution >= 0.6 is 15.6 Å². The van der Waals surface area contributed by atoms with Gasteiger partial charge < -0.3 is 33.8 Å². The zero-order valence-corrected chi connectivity index (χ0v) is 69.3. The van der Waals surface area contributed by atoms with Crippen molar-refractivity contribution in [3.63, 3.8) is 0 Å². The van der Waals surface area contributed by atoms with Crippen molar-refractivity contribution in [3.05, 3.63) is 0 Å². The SMILES string of the molecule is CCCCCCCCCCCCCCCCCCCCCCCC(=O)O[C@H](COC(=O)CCCCCCCCCCCCCCCCCCC(C)C)COP(=O)(O)OC[C@@H](O)COP(=O)(O)OC[C@@H](COC(=O)CCCCCCCCCCC)OC(=O)CCCCCCCCCCCCCCCC. The van der Waals surface area contributed by atoms with Crippen LogP contribution in [-0.4, -0.2) is 96.7 Å². The smallest absolute Gasteiger partial charge is 0.462 e. The fraction of sp³-hybridized carbons (Fsp3) is 0.952. The summed E-state index contributed by atoms with van der Waals surface area (Å²) in [7, 11) is -9.92. The van der Waals surface area contributed by atoms with E-state index in [9.17, 15) is 43.2 Å². The van der Waals surface area contributed by atoms with Gasteiger partial charge >= 0.3 is 39.5 Å². The molecule has 19 heteroatoms. The number of aliphatic hydroxyl groups is 1. The van der Waals surface area contributed by atoms with Gasteiger partial charge in [-0.1, -0.05) is 401 Å². The molecule has 0 radical (unpaired) electrons. The first-order valence-corrected chi connectivity index (χ1v) is 46.6. The van der Waals surface area contributed by atoms with Gasteiger partial charge in [0.1, 0.15) is 19.3 Å². The van der Waals surface area contributed by atoms with Crippen LogP contribution < -0.4 is 0 Å². The summed E-state index contributed by atoms with van der Waals surface area (Å²) in [5, 5.41) is 10.7. The number of hydrogen-bond acceptors (Lipinski definition) is 15. The average Bonchev–Trinajstić information content (AvgIpc) is 3.42. The maximum atomic E-state index is 13.1. The molecule has 0 aliphatic heterocycles. The Labute approximate surface area is 632 Å². The topological polar surface area (TPSA) is 237 Å². The standard InChI is InChI=1S/C84H164O17P2/c1-6-9-12-15-18-21-23-25-27-28-29-30-31-32-37-41-45-50-55-60-65-70-84(89)101-80(74-95-82(87)68-63-58-53-48-43-40-36-34-33-35-38-42-47-51-56-61-66-77(4)5)76-99-103(92,93)97-72-78(85)71-96-102(90,91)98-75-79(73-94-81(86)67-62-57-52-46-20-17-14-11-8-3)100-83(88)69-64-59-54-49-44-39-26-24-22-19-16-13-10-7-2/h77-80,85H,6-76H2,1-5H3,(H,90,91)(H,92,93)/t78-,79+,80+/m0/s1. The van der Waals surface area contributed by atoms with E-state index in [4.69, 9.17) is 37.0 Å². The molecular formula is C84H164O17P2. The normalized spacial score (nSPS) is 13.8. The van der Waals surface area contributed by atoms with E-state index in [2.05, 4.69) is 34.6 Å². The van der Waals surface area contributed by atoms with E-state index in [1.807, 2.05) is 0 Å². The molecule has 612 valence electrons. The highest BCUT2D eigenvalue weighted by Gasteiger charge is 2.30. The van der Waals surface area contributed by atoms with Crippen LogP contribution in [0.15, 0.2) is 0 Å². The molecule has 17 nitrogen and oxygen atoms in total. The fourth-order valence-electron chi connectivity index (χ4n) is 13.1. The highest BCUT2D eigenvalue weighted by atomic mass is 31.2. The van der Waals surface area contributed by atoms with E-state index in [1.165, 1.54) is 276 Å². The molecule has 0 saturated heterocycles. The molecule has 0 aromatic rings. The second kappa shape index (κ2) is 76.8. The Balaban J connectivity index is 5.20. The third-order valence-electron chi connectivity index (χ3n) is 19.8. The van der Waals surface area contributed by atoms with Crippen LogP contribution in [0.5, 0.6) is 0 Å². The zero-order valence-electron chi connectivity index (χ0n) is 67.5. The largest absolute Gasteiger partial charge is 0.472 e. The molecule has 0 aromatic heterocycles. The number of carbonyl (C=O) groups excluding carboxylic acids is 4. The zero-order chi connectivity index (χ0) is 75.5. The van der Waals surface area contributed by atoms with Gasteiger partial charge in [-0.05, 0) is 31.6 Å². The molecule has 0 aromatic carbocycles. The van der Waals surface area contributed by atoms with Crippen LogP contribution in [0.25, 0.3) is 0 Å². The Bertz CT molecular complexity index is 1960. The number of unbranched alkanes of at least 4 members (excludes halogenated alkanes) is 56. The number of aliphatic hydroxyl groups excluding tert-OH is 1. The summed E-state index contributed by atoms with van der Waals surface area (Å²) in [6.07, 6.45) is 69.5. The van der Waals surface area contributed by atoms with Crippen LogP contribution in [-0.2, 0) is 65.4 Å². The average molecular weight is 1510 g/mol. The Morgan fingerprint density at radius 1 is 0.262 bits per heavy atom. The predicted molar refractivity (Wildman–Crippen MR) is 423 cm³/mol. The molecule has 0 aliphatic rings. The number of carbonyl (C=O) groups is 4. The van der Waals surface area contributed by atoms with Crippen molar-refractivity contribution in [2.24, 2.45) is 5.92 Å². The minimum Gasteiger partial charge on any atom is -0.462 e. The number of phosphoric ester groups is 2. The van der Waals surface area contributed by atoms with Crippen molar-refractivity contribution in [1.82, 2.24) is 0 Å². The Morgan fingerprint density at radius 3 is 0.660 bits per heavy atom. The monoisotopic (exact) mass is 1510 g/mol. The molecule has 5 atom stereocenters. The summed E-state index contributed by atoms with van der Waals surface area (Å²) < 4.78 is 68.8. The molecule has 0 bridgehead atoms. The molecule has 0 rings (SSSR count). The van der Waals surface area contributed by atoms with Gasteiger partial charge in [-0.2, -0.15) is 0 Å². The second-order valence-corrected chi connectivity index (χ2v) is 33.6. The maximum absolute atomic E-state index is 13.1. The van der Waals surface area contributed by atoms with Crippen LogP contribution in [0.3, 0.4) is 0 Å². The highest BCUT2D eigenvalue weighted by Crippen LogP contribution is 2.45. The Morgan fingerprint density at radius 2 is 0.447 bits per heavy atom. The van der Waals surface area contributed by atoms with Crippen molar-refractivity contribution < 1.29 is 80.2 Å². The van der Waals surface area contributed by atoms with E-state index < -0.39 is 97.5 Å². The lowest BCUT2D eigenvalue weighted by Crippen LogP contribution is -2.30. The summed E-state index contributed by atoms with van der Waals surface area (Å²) >= 11 is 0. The number of esters is 4. The number of ether oxygens (including phenoxy) is 4. The van der Waals surface area contributed by atoms with Gasteiger partial charge in [0.2, 0.25) is 0 Å². The van der Waals surface area contributed by atoms with Gasteiger partial charge in [0.05, 0.1) is 26.4 Å². The second-order valence-electron chi connectivity index (χ2n) is 30.7. The summed E-state index contributed by atoms with van der Waals surface area (Å²) in [5.74, 6) is -1.29. The lowest BCUT2D eigenvalue weighted by atomic mass is 10.0. The molecular weight excluding hydrogens is 1340 g/mol. The molecule has 0 spiro atoms. The molecule has 3 N–H and O–H groups in total.